The van der Waals surface area contributed by atoms with Crippen molar-refractivity contribution in [2.45, 2.75) is 6.18 Å². The van der Waals surface area contributed by atoms with Gasteiger partial charge in [0.05, 0.1) is 0 Å². The highest BCUT2D eigenvalue weighted by Gasteiger charge is 2.43. The molecule has 0 aliphatic carbocycles. The zero-order valence-corrected chi connectivity index (χ0v) is 16.8. The number of hydrogen-bond donors (Lipinski definition) is 1. The lowest BCUT2D eigenvalue weighted by molar-refractivity contribution is -0.185. The largest absolute Gasteiger partial charge is 0.471 e. The molecule has 1 N–H and O–H groups in total. The maximum absolute atomic E-state index is 12.2. The fourth-order valence-corrected chi connectivity index (χ4v) is 3.55. The summed E-state index contributed by atoms with van der Waals surface area (Å²) in [5.41, 5.74) is 2.32. The lowest BCUT2D eigenvalue weighted by atomic mass is 10.2. The lowest BCUT2D eigenvalue weighted by Gasteiger charge is -2.36. The zero-order chi connectivity index (χ0) is 21.4. The molecule has 2 aromatic carbocycles. The zero-order valence-electron chi connectivity index (χ0n) is 16.8. The third kappa shape index (κ3) is 6.13. The summed E-state index contributed by atoms with van der Waals surface area (Å²) in [6.07, 6.45) is -4.77. The monoisotopic (exact) mass is 420 g/mol. The predicted octanol–water partition coefficient (Wildman–Crippen LogP) is 2.99. The number of benzene rings is 2. The smallest absolute Gasteiger partial charge is 0.369 e. The van der Waals surface area contributed by atoms with Gasteiger partial charge >= 0.3 is 12.1 Å². The molecule has 0 aromatic heterocycles. The second-order valence-electron chi connectivity index (χ2n) is 7.19. The molecule has 0 spiro atoms. The first-order valence-corrected chi connectivity index (χ1v) is 10.1. The number of hydrogen-bond acceptors (Lipinski definition) is 4. The summed E-state index contributed by atoms with van der Waals surface area (Å²) < 4.78 is 36.7. The van der Waals surface area contributed by atoms with Gasteiger partial charge in [0.15, 0.2) is 0 Å². The molecule has 0 radical (unpaired) electrons. The topological polar surface area (TPSA) is 38.8 Å². The normalized spacial score (nSPS) is 17.2. The van der Waals surface area contributed by atoms with Crippen molar-refractivity contribution in [2.24, 2.45) is 0 Å². The number of nitrogens with zero attached hydrogens (tertiary/aromatic N) is 3. The minimum atomic E-state index is -4.77. The van der Waals surface area contributed by atoms with Gasteiger partial charge in [-0.05, 0) is 24.3 Å². The van der Waals surface area contributed by atoms with E-state index < -0.39 is 12.1 Å². The van der Waals surface area contributed by atoms with Crippen LogP contribution in [0.1, 0.15) is 0 Å². The van der Waals surface area contributed by atoms with Crippen LogP contribution in [0.5, 0.6) is 0 Å². The van der Waals surface area contributed by atoms with Gasteiger partial charge in [-0.2, -0.15) is 13.2 Å². The molecule has 2 aliphatic rings. The minimum absolute atomic E-state index is 0.104. The maximum Gasteiger partial charge on any atom is 0.471 e. The summed E-state index contributed by atoms with van der Waals surface area (Å²) in [6.45, 7) is 5.52. The molecule has 8 heteroatoms. The molecule has 1 amide bonds. The number of anilines is 2. The van der Waals surface area contributed by atoms with Crippen LogP contribution in [0.3, 0.4) is 0 Å². The number of piperazine rings is 2. The molecule has 2 aromatic rings. The predicted molar refractivity (Wildman–Crippen MR) is 113 cm³/mol. The Balaban J connectivity index is 0.000000184. The van der Waals surface area contributed by atoms with Crippen molar-refractivity contribution in [1.82, 2.24) is 10.2 Å². The molecule has 4 rings (SSSR count). The number of para-hydroxylation sites is 2. The number of rotatable bonds is 2. The maximum atomic E-state index is 12.2. The van der Waals surface area contributed by atoms with E-state index in [1.807, 2.05) is 35.2 Å². The van der Waals surface area contributed by atoms with Crippen LogP contribution in [0.4, 0.5) is 24.5 Å². The van der Waals surface area contributed by atoms with E-state index in [2.05, 4.69) is 40.5 Å². The van der Waals surface area contributed by atoms with Crippen molar-refractivity contribution in [3.05, 3.63) is 60.7 Å². The van der Waals surface area contributed by atoms with Gasteiger partial charge in [-0.25, -0.2) is 0 Å². The van der Waals surface area contributed by atoms with Crippen molar-refractivity contribution in [2.75, 3.05) is 62.2 Å². The lowest BCUT2D eigenvalue weighted by Crippen LogP contribution is -2.52. The van der Waals surface area contributed by atoms with E-state index in [1.165, 1.54) is 5.69 Å². The highest BCUT2D eigenvalue weighted by molar-refractivity contribution is 5.82. The first-order chi connectivity index (χ1) is 14.4. The molecule has 2 saturated heterocycles. The average molecular weight is 420 g/mol. The van der Waals surface area contributed by atoms with Crippen molar-refractivity contribution >= 4 is 17.3 Å². The van der Waals surface area contributed by atoms with Crippen LogP contribution in [-0.4, -0.2) is 69.3 Å². The van der Waals surface area contributed by atoms with Crippen molar-refractivity contribution < 1.29 is 18.0 Å². The summed E-state index contributed by atoms with van der Waals surface area (Å²) in [5, 5.41) is 3.34. The van der Waals surface area contributed by atoms with Gasteiger partial charge < -0.3 is 20.0 Å². The number of amides is 1. The van der Waals surface area contributed by atoms with Gasteiger partial charge in [0.2, 0.25) is 0 Å². The quantitative estimate of drug-likeness (QED) is 0.811. The van der Waals surface area contributed by atoms with Crippen molar-refractivity contribution in [3.63, 3.8) is 0 Å². The van der Waals surface area contributed by atoms with E-state index in [1.54, 1.807) is 0 Å². The molecule has 0 bridgehead atoms. The molecule has 2 fully saturated rings. The van der Waals surface area contributed by atoms with E-state index in [9.17, 15) is 18.0 Å². The Kier molecular flexibility index (Phi) is 7.57. The number of nitrogens with one attached hydrogen (secondary N) is 1. The Morgan fingerprint density at radius 1 is 0.700 bits per heavy atom. The number of carbonyl (C=O) groups is 1. The Hall–Kier alpha value is -2.74. The van der Waals surface area contributed by atoms with E-state index in [0.29, 0.717) is 13.1 Å². The number of alkyl halides is 3. The highest BCUT2D eigenvalue weighted by Crippen LogP contribution is 2.21. The first kappa shape index (κ1) is 22.0. The minimum Gasteiger partial charge on any atom is -0.369 e. The molecule has 5 nitrogen and oxygen atoms in total. The number of carbonyl (C=O) groups excluding carboxylic acids is 1. The van der Waals surface area contributed by atoms with Crippen LogP contribution < -0.4 is 15.1 Å². The van der Waals surface area contributed by atoms with E-state index >= 15 is 0 Å². The fourth-order valence-electron chi connectivity index (χ4n) is 3.55. The van der Waals surface area contributed by atoms with Crippen LogP contribution in [0.25, 0.3) is 0 Å². The summed E-state index contributed by atoms with van der Waals surface area (Å²) in [7, 11) is 0. The average Bonchev–Trinajstić information content (AvgIpc) is 2.80. The van der Waals surface area contributed by atoms with Crippen molar-refractivity contribution in [1.29, 1.82) is 0 Å². The van der Waals surface area contributed by atoms with Crippen LogP contribution in [0, 0.1) is 0 Å². The van der Waals surface area contributed by atoms with Gasteiger partial charge in [0.25, 0.3) is 0 Å². The van der Waals surface area contributed by atoms with E-state index in [4.69, 9.17) is 0 Å². The van der Waals surface area contributed by atoms with Gasteiger partial charge in [-0.3, -0.25) is 4.79 Å². The standard InChI is InChI=1S/C12H13F3N2O.C10H14N2/c13-12(14,15)11(18)17-8-6-16(7-9-17)10-4-2-1-3-5-10;1-2-4-10(5-3-1)12-8-6-11-7-9-12/h1-5H,6-9H2;1-5,11H,6-9H2. The third-order valence-electron chi connectivity index (χ3n) is 5.17. The summed E-state index contributed by atoms with van der Waals surface area (Å²) in [4.78, 5) is 16.3. The Labute approximate surface area is 175 Å². The third-order valence-corrected chi connectivity index (χ3v) is 5.17. The van der Waals surface area contributed by atoms with Gasteiger partial charge in [0.1, 0.15) is 0 Å². The SMILES string of the molecule is O=C(N1CCN(c2ccccc2)CC1)C(F)(F)F.c1ccc(N2CCNCC2)cc1. The Morgan fingerprint density at radius 2 is 1.13 bits per heavy atom. The van der Waals surface area contributed by atoms with Crippen LogP contribution >= 0.6 is 0 Å². The molecular formula is C22H27F3N4O. The summed E-state index contributed by atoms with van der Waals surface area (Å²) in [6, 6.07) is 20.0. The molecular weight excluding hydrogens is 393 g/mol. The van der Waals surface area contributed by atoms with E-state index in [-0.39, 0.29) is 13.1 Å². The van der Waals surface area contributed by atoms with Crippen LogP contribution in [0.15, 0.2) is 60.7 Å². The molecule has 162 valence electrons. The second-order valence-corrected chi connectivity index (χ2v) is 7.19. The molecule has 0 saturated carbocycles. The van der Waals surface area contributed by atoms with E-state index in [0.717, 1.165) is 36.8 Å². The summed E-state index contributed by atoms with van der Waals surface area (Å²) >= 11 is 0. The fraction of sp³-hybridized carbons (Fsp3) is 0.409. The molecule has 0 atom stereocenters. The first-order valence-electron chi connectivity index (χ1n) is 10.1. The molecule has 2 heterocycles. The molecule has 30 heavy (non-hydrogen) atoms. The van der Waals surface area contributed by atoms with Crippen LogP contribution in [-0.2, 0) is 4.79 Å². The van der Waals surface area contributed by atoms with Gasteiger partial charge in [-0.15, -0.1) is 0 Å². The summed E-state index contributed by atoms with van der Waals surface area (Å²) in [5.74, 6) is -1.74. The van der Waals surface area contributed by atoms with Gasteiger partial charge in [-0.1, -0.05) is 36.4 Å². The molecule has 0 unspecified atom stereocenters. The second kappa shape index (κ2) is 10.3. The highest BCUT2D eigenvalue weighted by atomic mass is 19.4. The van der Waals surface area contributed by atoms with Gasteiger partial charge in [0, 0.05) is 63.7 Å². The number of halogens is 3. The van der Waals surface area contributed by atoms with Crippen LogP contribution in [0.2, 0.25) is 0 Å². The molecule has 2 aliphatic heterocycles. The Bertz CT molecular complexity index is 772. The van der Waals surface area contributed by atoms with Crippen molar-refractivity contribution in [3.8, 4) is 0 Å². The Morgan fingerprint density at radius 3 is 1.57 bits per heavy atom.